The fourth-order valence-electron chi connectivity index (χ4n) is 7.10. The quantitative estimate of drug-likeness (QED) is 0.0312. The van der Waals surface area contributed by atoms with Crippen molar-refractivity contribution in [2.45, 2.75) is 48.8 Å². The van der Waals surface area contributed by atoms with E-state index in [0.29, 0.717) is 16.8 Å². The number of β-lactam (4-membered cyclic amide) rings is 1. The minimum atomic E-state index is -1.12. The van der Waals surface area contributed by atoms with E-state index in [4.69, 9.17) is 35.3 Å². The van der Waals surface area contributed by atoms with Gasteiger partial charge in [-0.3, -0.25) is 20.1 Å². The van der Waals surface area contributed by atoms with Crippen LogP contribution in [0.5, 0.6) is 0 Å². The van der Waals surface area contributed by atoms with Crippen LogP contribution in [0, 0.1) is 15.3 Å². The molecule has 3 N–H and O–H groups in total. The molecule has 306 valence electrons. The molecule has 3 amide bonds. The zero-order chi connectivity index (χ0) is 42.8. The van der Waals surface area contributed by atoms with Crippen molar-refractivity contribution in [3.05, 3.63) is 189 Å². The summed E-state index contributed by atoms with van der Waals surface area (Å²) in [4.78, 5) is 74.9. The lowest BCUT2D eigenvalue weighted by Crippen LogP contribution is -2.60. The monoisotopic (exact) mass is 827 g/mol. The number of nitrogens with one attached hydrogen (secondary N) is 1. The summed E-state index contributed by atoms with van der Waals surface area (Å²) in [5.41, 5.74) is 9.87. The van der Waals surface area contributed by atoms with Gasteiger partial charge in [-0.05, 0) is 59.9 Å². The smallest absolute Gasteiger partial charge is 0.416 e. The predicted octanol–water partition coefficient (Wildman–Crippen LogP) is 7.73. The van der Waals surface area contributed by atoms with Gasteiger partial charge in [-0.15, -0.1) is 11.8 Å². The van der Waals surface area contributed by atoms with Gasteiger partial charge in [0.15, 0.2) is 12.2 Å². The number of amides is 3. The summed E-state index contributed by atoms with van der Waals surface area (Å²) in [5.74, 6) is -1.09. The second kappa shape index (κ2) is 19.1. The molecule has 2 aliphatic rings. The molecular weight excluding hydrogens is 787 g/mol. The Morgan fingerprint density at radius 1 is 0.833 bits per heavy atom. The van der Waals surface area contributed by atoms with Crippen LogP contribution in [-0.4, -0.2) is 67.5 Å². The number of hydrogen-bond donors (Lipinski definition) is 2. The number of pyridine rings is 1. The Morgan fingerprint density at radius 2 is 1.32 bits per heavy atom. The zero-order valence-electron chi connectivity index (χ0n) is 32.6. The van der Waals surface area contributed by atoms with E-state index in [1.165, 1.54) is 28.5 Å². The van der Waals surface area contributed by atoms with Crippen molar-refractivity contribution >= 4 is 47.7 Å². The molecule has 3 heterocycles. The molecule has 60 heavy (non-hydrogen) atoms. The summed E-state index contributed by atoms with van der Waals surface area (Å²) < 4.78 is 16.4. The van der Waals surface area contributed by atoms with Gasteiger partial charge in [-0.2, -0.15) is 0 Å². The lowest BCUT2D eigenvalue weighted by Gasteiger charge is -2.40. The van der Waals surface area contributed by atoms with Crippen LogP contribution >= 0.6 is 11.8 Å². The van der Waals surface area contributed by atoms with E-state index in [1.54, 1.807) is 31.3 Å². The standard InChI is InChI=1S/C45H41N5O7S.O2/c1-29(46)49(44(54)57-38(33-19-11-5-12-20-33)34-21-13-6-14-22-34)27-30-23-24-48-35(25-30)26-36-40(51)50-39(45(2,58-41(36)50)28-55-43(47)53)42(52)56-37(31-15-7-3-8-16-31)32-17-9-4-10-18-32;1-2/h3-26,37-39,41,46H,27-28H2,1-2H3,(H2,47,53);/b36-26-,46-29?;/t39-,41?,45-;/m0./s1. The summed E-state index contributed by atoms with van der Waals surface area (Å²) in [6, 6.07) is 39.7. The molecule has 0 radical (unpaired) electrons. The molecule has 1 aromatic heterocycles. The number of thioether (sulfide) groups is 1. The number of carbonyl (C=O) groups is 4. The number of fused-ring (bicyclic) bond motifs is 1. The summed E-state index contributed by atoms with van der Waals surface area (Å²) >= 11 is 1.29. The minimum Gasteiger partial charge on any atom is -0.451 e. The van der Waals surface area contributed by atoms with E-state index < -0.39 is 52.4 Å². The molecule has 3 atom stereocenters. The highest BCUT2D eigenvalue weighted by Gasteiger charge is 2.64. The fraction of sp³-hybridized carbons (Fsp3) is 0.200. The number of nitrogens with two attached hydrogens (primary N) is 1. The molecule has 4 aromatic carbocycles. The van der Waals surface area contributed by atoms with Gasteiger partial charge >= 0.3 is 18.2 Å². The maximum absolute atomic E-state index is 14.3. The minimum absolute atomic E-state index is 0.00183. The van der Waals surface area contributed by atoms with E-state index in [0.717, 1.165) is 22.3 Å². The molecule has 2 saturated heterocycles. The number of esters is 1. The van der Waals surface area contributed by atoms with Crippen molar-refractivity contribution in [2.75, 3.05) is 6.61 Å². The topological polar surface area (TPSA) is 199 Å². The number of rotatable bonds is 12. The normalized spacial score (nSPS) is 18.4. The second-order valence-corrected chi connectivity index (χ2v) is 15.7. The summed E-state index contributed by atoms with van der Waals surface area (Å²) in [5, 5.41) is 7.87. The maximum atomic E-state index is 14.3. The third-order valence-corrected chi connectivity index (χ3v) is 11.5. The first kappa shape index (κ1) is 42.5. The number of aromatic nitrogens is 1. The molecule has 15 heteroatoms. The Bertz CT molecular complexity index is 2280. The van der Waals surface area contributed by atoms with E-state index >= 15 is 0 Å². The molecular formula is C45H41N5O9S. The van der Waals surface area contributed by atoms with E-state index in [2.05, 4.69) is 4.98 Å². The van der Waals surface area contributed by atoms with Crippen LogP contribution in [0.4, 0.5) is 9.59 Å². The number of ether oxygens (including phenoxy) is 3. The van der Waals surface area contributed by atoms with E-state index in [-0.39, 0.29) is 19.0 Å². The van der Waals surface area contributed by atoms with Gasteiger partial charge in [0.05, 0.1) is 22.6 Å². The van der Waals surface area contributed by atoms with Gasteiger partial charge in [-0.1, -0.05) is 121 Å². The first-order chi connectivity index (χ1) is 29.0. The Labute approximate surface area is 350 Å². The van der Waals surface area contributed by atoms with Crippen molar-refractivity contribution in [3.8, 4) is 0 Å². The first-order valence-corrected chi connectivity index (χ1v) is 19.6. The van der Waals surface area contributed by atoms with E-state index in [9.17, 15) is 19.2 Å². The fourth-order valence-corrected chi connectivity index (χ4v) is 8.70. The SMILES string of the molecule is CC(=N)N(Cc1ccnc(/C=C2/C(=O)N3C2S[C@@](C)(COC(N)=O)[C@@H]3C(=O)OC(c2ccccc2)c2ccccc2)c1)C(=O)OC(c1ccccc1)c1ccccc1.O=O. The van der Waals surface area contributed by atoms with E-state index in [1.807, 2.05) is 121 Å². The third-order valence-electron chi connectivity index (χ3n) is 9.94. The summed E-state index contributed by atoms with van der Waals surface area (Å²) in [6.45, 7) is 3.00. The largest absolute Gasteiger partial charge is 0.451 e. The molecule has 0 aliphatic carbocycles. The number of amidine groups is 1. The van der Waals surface area contributed by atoms with Gasteiger partial charge in [0.2, 0.25) is 0 Å². The first-order valence-electron chi connectivity index (χ1n) is 18.7. The van der Waals surface area contributed by atoms with Crippen LogP contribution < -0.4 is 5.73 Å². The number of hydrogen-bond acceptors (Lipinski definition) is 12. The summed E-state index contributed by atoms with van der Waals surface area (Å²) in [6.07, 6.45) is 0.0251. The van der Waals surface area contributed by atoms with Gasteiger partial charge < -0.3 is 24.8 Å². The highest BCUT2D eigenvalue weighted by atomic mass is 32.2. The Kier molecular flexibility index (Phi) is 13.5. The number of primary amides is 1. The summed E-state index contributed by atoms with van der Waals surface area (Å²) in [7, 11) is 0. The molecule has 14 nitrogen and oxygen atoms in total. The van der Waals surface area contributed by atoms with Gasteiger partial charge in [0.25, 0.3) is 5.91 Å². The Balaban J connectivity index is 0.00000297. The highest BCUT2D eigenvalue weighted by Crippen LogP contribution is 2.54. The van der Waals surface area contributed by atoms with Crippen molar-refractivity contribution in [3.63, 3.8) is 0 Å². The van der Waals surface area contributed by atoms with Crippen LogP contribution in [-0.2, 0) is 30.3 Å². The maximum Gasteiger partial charge on any atom is 0.416 e. The molecule has 1 unspecified atom stereocenters. The van der Waals surface area contributed by atoms with Crippen LogP contribution in [0.25, 0.3) is 6.08 Å². The van der Waals surface area contributed by atoms with Gasteiger partial charge in [0, 0.05) is 16.1 Å². The zero-order valence-corrected chi connectivity index (χ0v) is 33.4. The van der Waals surface area contributed by atoms with Crippen LogP contribution in [0.2, 0.25) is 0 Å². The van der Waals surface area contributed by atoms with Crippen LogP contribution in [0.15, 0.2) is 145 Å². The third kappa shape index (κ3) is 9.42. The van der Waals surface area contributed by atoms with Crippen molar-refractivity contribution in [1.29, 1.82) is 5.41 Å². The van der Waals surface area contributed by atoms with Gasteiger partial charge in [0.1, 0.15) is 23.9 Å². The average molecular weight is 828 g/mol. The molecule has 5 aromatic rings. The Hall–Kier alpha value is -7.13. The molecule has 0 spiro atoms. The lowest BCUT2D eigenvalue weighted by atomic mass is 9.93. The highest BCUT2D eigenvalue weighted by molar-refractivity contribution is 8.02. The van der Waals surface area contributed by atoms with Crippen molar-refractivity contribution in [2.24, 2.45) is 5.73 Å². The lowest BCUT2D eigenvalue weighted by molar-refractivity contribution is -0.161. The van der Waals surface area contributed by atoms with Crippen molar-refractivity contribution < 1.29 is 33.4 Å². The molecule has 2 fully saturated rings. The molecule has 0 bridgehead atoms. The molecule has 7 rings (SSSR count). The predicted molar refractivity (Wildman–Crippen MR) is 226 cm³/mol. The van der Waals surface area contributed by atoms with Crippen molar-refractivity contribution in [1.82, 2.24) is 14.8 Å². The Morgan fingerprint density at radius 3 is 1.78 bits per heavy atom. The number of nitrogens with zero attached hydrogens (tertiary/aromatic N) is 3. The van der Waals surface area contributed by atoms with Crippen LogP contribution in [0.3, 0.4) is 0 Å². The molecule has 0 saturated carbocycles. The molecule has 2 aliphatic heterocycles. The number of carbonyl (C=O) groups excluding carboxylic acids is 4. The second-order valence-electron chi connectivity index (χ2n) is 14.1. The average Bonchev–Trinajstić information content (AvgIpc) is 3.56. The van der Waals surface area contributed by atoms with Gasteiger partial charge in [-0.25, -0.2) is 14.4 Å². The van der Waals surface area contributed by atoms with Crippen LogP contribution in [0.1, 0.15) is 59.6 Å². The number of benzene rings is 4.